The molecule has 5 N–H and O–H groups in total. The van der Waals surface area contributed by atoms with E-state index in [-0.39, 0.29) is 5.75 Å². The molecule has 0 radical (unpaired) electrons. The van der Waals surface area contributed by atoms with E-state index in [2.05, 4.69) is 0 Å². The zero-order chi connectivity index (χ0) is 12.0. The van der Waals surface area contributed by atoms with Crippen LogP contribution in [0.5, 0.6) is 0 Å². The van der Waals surface area contributed by atoms with Gasteiger partial charge >= 0.3 is 6.03 Å². The highest BCUT2D eigenvalue weighted by atomic mass is 32.2. The largest absolute Gasteiger partial charge is 0.344 e. The van der Waals surface area contributed by atoms with E-state index in [1.807, 2.05) is 10.3 Å². The van der Waals surface area contributed by atoms with Crippen LogP contribution in [-0.4, -0.2) is 14.4 Å². The first-order valence-electron chi connectivity index (χ1n) is 4.33. The summed E-state index contributed by atoms with van der Waals surface area (Å²) < 4.78 is 22.9. The minimum Gasteiger partial charge on any atom is -0.275 e. The molecule has 16 heavy (non-hydrogen) atoms. The number of urea groups is 1. The zero-order valence-electron chi connectivity index (χ0n) is 8.30. The minimum absolute atomic E-state index is 0.224. The first-order chi connectivity index (χ1) is 7.53. The molecule has 0 fully saturated rings. The molecular weight excluding hydrogens is 232 g/mol. The first kappa shape index (κ1) is 12.4. The summed E-state index contributed by atoms with van der Waals surface area (Å²) >= 11 is 0. The van der Waals surface area contributed by atoms with Gasteiger partial charge in [-0.3, -0.25) is 10.9 Å². The average Bonchev–Trinajstić information content (AvgIpc) is 2.27. The number of benzene rings is 1. The van der Waals surface area contributed by atoms with Crippen LogP contribution in [0.25, 0.3) is 0 Å². The topological polar surface area (TPSA) is 113 Å². The van der Waals surface area contributed by atoms with Crippen LogP contribution in [0.4, 0.5) is 4.79 Å². The van der Waals surface area contributed by atoms with Crippen LogP contribution in [0.2, 0.25) is 0 Å². The fourth-order valence-corrected chi connectivity index (χ4v) is 1.94. The fraction of sp³-hybridized carbons (Fsp3) is 0.125. The monoisotopic (exact) mass is 244 g/mol. The number of hydrazine groups is 2. The van der Waals surface area contributed by atoms with Crippen molar-refractivity contribution in [1.82, 2.24) is 15.7 Å². The van der Waals surface area contributed by atoms with Crippen LogP contribution in [0.3, 0.4) is 0 Å². The number of nitrogens with two attached hydrogens (primary N) is 1. The molecule has 2 amide bonds. The second-order valence-electron chi connectivity index (χ2n) is 2.95. The molecule has 1 aromatic carbocycles. The third-order valence-electron chi connectivity index (χ3n) is 1.65. The van der Waals surface area contributed by atoms with Crippen LogP contribution in [-0.2, 0) is 15.8 Å². The van der Waals surface area contributed by atoms with Crippen molar-refractivity contribution in [2.24, 2.45) is 5.84 Å². The van der Waals surface area contributed by atoms with Gasteiger partial charge in [-0.05, 0) is 5.56 Å². The Balaban J connectivity index is 2.56. The molecule has 0 bridgehead atoms. The number of sulfonamides is 1. The van der Waals surface area contributed by atoms with Crippen molar-refractivity contribution >= 4 is 16.1 Å². The van der Waals surface area contributed by atoms with Crippen molar-refractivity contribution in [3.05, 3.63) is 35.9 Å². The van der Waals surface area contributed by atoms with Crippen LogP contribution < -0.4 is 21.5 Å². The molecule has 88 valence electrons. The summed E-state index contributed by atoms with van der Waals surface area (Å²) in [6.45, 7) is 0. The normalized spacial score (nSPS) is 10.8. The Bertz CT molecular complexity index is 446. The molecule has 0 aliphatic heterocycles. The van der Waals surface area contributed by atoms with Crippen LogP contribution in [0.1, 0.15) is 5.56 Å². The van der Waals surface area contributed by atoms with Gasteiger partial charge in [0.1, 0.15) is 0 Å². The van der Waals surface area contributed by atoms with Crippen molar-refractivity contribution in [2.45, 2.75) is 5.75 Å². The van der Waals surface area contributed by atoms with Gasteiger partial charge in [0.05, 0.1) is 5.75 Å². The smallest absolute Gasteiger partial charge is 0.275 e. The number of hydrogen-bond donors (Lipinski definition) is 4. The summed E-state index contributed by atoms with van der Waals surface area (Å²) in [6.07, 6.45) is 0. The fourth-order valence-electron chi connectivity index (χ4n) is 0.990. The third kappa shape index (κ3) is 4.26. The van der Waals surface area contributed by atoms with Gasteiger partial charge in [-0.25, -0.2) is 19.1 Å². The Morgan fingerprint density at radius 3 is 2.44 bits per heavy atom. The summed E-state index contributed by atoms with van der Waals surface area (Å²) in [4.78, 5) is 12.5. The Morgan fingerprint density at radius 1 is 1.25 bits per heavy atom. The predicted molar refractivity (Wildman–Crippen MR) is 58.1 cm³/mol. The number of carbonyl (C=O) groups is 1. The second-order valence-corrected chi connectivity index (χ2v) is 4.67. The molecule has 0 saturated carbocycles. The van der Waals surface area contributed by atoms with E-state index in [1.165, 1.54) is 0 Å². The first-order valence-corrected chi connectivity index (χ1v) is 5.99. The van der Waals surface area contributed by atoms with Gasteiger partial charge in [0.2, 0.25) is 10.0 Å². The van der Waals surface area contributed by atoms with E-state index in [0.717, 1.165) is 0 Å². The molecule has 0 aliphatic carbocycles. The highest BCUT2D eigenvalue weighted by Crippen LogP contribution is 2.02. The van der Waals surface area contributed by atoms with Crippen LogP contribution in [0.15, 0.2) is 30.3 Å². The van der Waals surface area contributed by atoms with E-state index in [1.54, 1.807) is 35.8 Å². The molecule has 0 aromatic heterocycles. The van der Waals surface area contributed by atoms with Crippen molar-refractivity contribution in [3.63, 3.8) is 0 Å². The second kappa shape index (κ2) is 5.45. The molecule has 1 rings (SSSR count). The van der Waals surface area contributed by atoms with Crippen molar-refractivity contribution in [1.29, 1.82) is 0 Å². The predicted octanol–water partition coefficient (Wildman–Crippen LogP) is -0.806. The highest BCUT2D eigenvalue weighted by Gasteiger charge is 2.11. The van der Waals surface area contributed by atoms with Crippen molar-refractivity contribution in [3.8, 4) is 0 Å². The van der Waals surface area contributed by atoms with Gasteiger partial charge in [0.15, 0.2) is 0 Å². The van der Waals surface area contributed by atoms with Gasteiger partial charge in [0, 0.05) is 0 Å². The maximum absolute atomic E-state index is 11.4. The molecule has 7 nitrogen and oxygen atoms in total. The molecule has 0 spiro atoms. The molecule has 0 unspecified atom stereocenters. The van der Waals surface area contributed by atoms with Crippen LogP contribution >= 0.6 is 0 Å². The van der Waals surface area contributed by atoms with Crippen LogP contribution in [0, 0.1) is 0 Å². The van der Waals surface area contributed by atoms with E-state index in [9.17, 15) is 13.2 Å². The lowest BCUT2D eigenvalue weighted by molar-refractivity contribution is 0.239. The Labute approximate surface area is 93.0 Å². The number of nitrogens with one attached hydrogen (secondary N) is 3. The molecule has 0 atom stereocenters. The van der Waals surface area contributed by atoms with E-state index in [4.69, 9.17) is 5.84 Å². The molecule has 0 aliphatic rings. The van der Waals surface area contributed by atoms with Crippen molar-refractivity contribution in [2.75, 3.05) is 0 Å². The highest BCUT2D eigenvalue weighted by molar-refractivity contribution is 7.88. The van der Waals surface area contributed by atoms with Gasteiger partial charge < -0.3 is 0 Å². The van der Waals surface area contributed by atoms with Gasteiger partial charge in [-0.2, -0.15) is 0 Å². The molecule has 0 saturated heterocycles. The summed E-state index contributed by atoms with van der Waals surface area (Å²) in [6, 6.07) is 7.74. The molecule has 8 heteroatoms. The number of rotatable bonds is 4. The molecular formula is C8H12N4O3S. The minimum atomic E-state index is -3.62. The lowest BCUT2D eigenvalue weighted by atomic mass is 10.2. The summed E-state index contributed by atoms with van der Waals surface area (Å²) in [5, 5.41) is 0. The van der Waals surface area contributed by atoms with E-state index in [0.29, 0.717) is 5.56 Å². The van der Waals surface area contributed by atoms with Crippen molar-refractivity contribution < 1.29 is 13.2 Å². The number of carbonyl (C=O) groups excluding carboxylic acids is 1. The maximum Gasteiger partial charge on any atom is 0.344 e. The maximum atomic E-state index is 11.4. The lowest BCUT2D eigenvalue weighted by Crippen LogP contribution is -2.49. The van der Waals surface area contributed by atoms with Gasteiger partial charge in [0.25, 0.3) is 0 Å². The van der Waals surface area contributed by atoms with E-state index >= 15 is 0 Å². The molecule has 0 heterocycles. The Hall–Kier alpha value is -1.64. The zero-order valence-corrected chi connectivity index (χ0v) is 9.12. The summed E-state index contributed by atoms with van der Waals surface area (Å²) in [5.41, 5.74) is 4.22. The third-order valence-corrected chi connectivity index (χ3v) is 2.78. The Morgan fingerprint density at radius 2 is 1.88 bits per heavy atom. The van der Waals surface area contributed by atoms with Gasteiger partial charge in [-0.1, -0.05) is 30.3 Å². The standard InChI is InChI=1S/C8H12N4O3S/c9-10-8(13)11-12-16(14,15)6-7-4-2-1-3-5-7/h1-5,12H,6,9H2,(H2,10,11,13). The van der Waals surface area contributed by atoms with Gasteiger partial charge in [-0.15, -0.1) is 4.83 Å². The average molecular weight is 244 g/mol. The quantitative estimate of drug-likeness (QED) is 0.315. The molecule has 1 aromatic rings. The lowest BCUT2D eigenvalue weighted by Gasteiger charge is -2.07. The SMILES string of the molecule is NNC(=O)NNS(=O)(=O)Cc1ccccc1. The van der Waals surface area contributed by atoms with E-state index < -0.39 is 16.1 Å². The Kier molecular flexibility index (Phi) is 4.23. The summed E-state index contributed by atoms with van der Waals surface area (Å²) in [5.74, 6) is 4.53. The number of hydrogen-bond acceptors (Lipinski definition) is 4. The summed E-state index contributed by atoms with van der Waals surface area (Å²) in [7, 11) is -3.62. The number of amides is 2.